The Bertz CT molecular complexity index is 708. The van der Waals surface area contributed by atoms with Crippen molar-refractivity contribution in [1.82, 2.24) is 9.88 Å². The van der Waals surface area contributed by atoms with Gasteiger partial charge in [-0.2, -0.15) is 0 Å². The van der Waals surface area contributed by atoms with E-state index in [1.165, 1.54) is 11.6 Å². The molecule has 3 rings (SSSR count). The second-order valence-electron chi connectivity index (χ2n) is 5.47. The van der Waals surface area contributed by atoms with Gasteiger partial charge in [-0.15, -0.1) is 0 Å². The van der Waals surface area contributed by atoms with Crippen LogP contribution in [0.5, 0.6) is 0 Å². The van der Waals surface area contributed by atoms with E-state index in [2.05, 4.69) is 5.32 Å². The van der Waals surface area contributed by atoms with Crippen LogP contribution in [0.2, 0.25) is 0 Å². The zero-order chi connectivity index (χ0) is 14.8. The quantitative estimate of drug-likeness (QED) is 0.936. The third kappa shape index (κ3) is 2.63. The van der Waals surface area contributed by atoms with Gasteiger partial charge in [0.1, 0.15) is 5.82 Å². The van der Waals surface area contributed by atoms with Crippen LogP contribution in [-0.2, 0) is 19.4 Å². The Morgan fingerprint density at radius 1 is 1.24 bits per heavy atom. The summed E-state index contributed by atoms with van der Waals surface area (Å²) in [5, 5.41) is 3.13. The normalized spacial score (nSPS) is 15.0. The van der Waals surface area contributed by atoms with Crippen molar-refractivity contribution in [3.05, 3.63) is 69.4 Å². The van der Waals surface area contributed by atoms with E-state index < -0.39 is 0 Å². The zero-order valence-corrected chi connectivity index (χ0v) is 12.1. The molecule has 1 atom stereocenters. The lowest BCUT2D eigenvalue weighted by Gasteiger charge is -2.21. The average molecular weight is 286 g/mol. The molecule has 2 aromatic rings. The van der Waals surface area contributed by atoms with Crippen LogP contribution < -0.4 is 10.9 Å². The second kappa shape index (κ2) is 5.82. The van der Waals surface area contributed by atoms with Gasteiger partial charge in [0.2, 0.25) is 0 Å². The Morgan fingerprint density at radius 3 is 2.81 bits per heavy atom. The lowest BCUT2D eigenvalue weighted by molar-refractivity contribution is 0.459. The molecule has 21 heavy (non-hydrogen) atoms. The molecule has 0 amide bonds. The third-order valence-electron chi connectivity index (χ3n) is 4.24. The molecule has 110 valence electrons. The maximum atomic E-state index is 14.0. The minimum atomic E-state index is -0.238. The number of fused-ring (bicyclic) bond motifs is 1. The molecule has 0 saturated carbocycles. The molecule has 0 spiro atoms. The predicted octanol–water partition coefficient (Wildman–Crippen LogP) is 2.44. The van der Waals surface area contributed by atoms with E-state index in [-0.39, 0.29) is 17.4 Å². The largest absolute Gasteiger partial charge is 0.311 e. The number of hydrogen-bond acceptors (Lipinski definition) is 2. The smallest absolute Gasteiger partial charge is 0.250 e. The molecule has 0 saturated heterocycles. The monoisotopic (exact) mass is 286 g/mol. The van der Waals surface area contributed by atoms with E-state index >= 15 is 0 Å². The van der Waals surface area contributed by atoms with E-state index in [0.717, 1.165) is 25.0 Å². The molecule has 1 aliphatic rings. The van der Waals surface area contributed by atoms with Crippen molar-refractivity contribution in [1.29, 1.82) is 0 Å². The first-order valence-corrected chi connectivity index (χ1v) is 7.34. The fourth-order valence-corrected chi connectivity index (χ4v) is 3.12. The minimum Gasteiger partial charge on any atom is -0.311 e. The molecule has 1 aromatic heterocycles. The molecule has 0 fully saturated rings. The van der Waals surface area contributed by atoms with Crippen LogP contribution in [0, 0.1) is 5.82 Å². The number of nitrogens with zero attached hydrogens (tertiary/aromatic N) is 1. The lowest BCUT2D eigenvalue weighted by atomic mass is 10.1. The van der Waals surface area contributed by atoms with Gasteiger partial charge in [0.15, 0.2) is 0 Å². The molecule has 0 radical (unpaired) electrons. The summed E-state index contributed by atoms with van der Waals surface area (Å²) in [6.45, 7) is 0.458. The first kappa shape index (κ1) is 14.0. The van der Waals surface area contributed by atoms with Gasteiger partial charge in [-0.1, -0.05) is 24.3 Å². The summed E-state index contributed by atoms with van der Waals surface area (Å²) in [5.41, 5.74) is 2.95. The van der Waals surface area contributed by atoms with Crippen LogP contribution in [0.3, 0.4) is 0 Å². The number of benzene rings is 1. The number of halogens is 1. The Balaban J connectivity index is 1.98. The van der Waals surface area contributed by atoms with Crippen molar-refractivity contribution < 1.29 is 4.39 Å². The Labute approximate surface area is 123 Å². The van der Waals surface area contributed by atoms with Crippen LogP contribution in [0.1, 0.15) is 29.3 Å². The van der Waals surface area contributed by atoms with Crippen molar-refractivity contribution in [3.63, 3.8) is 0 Å². The molecule has 3 nitrogen and oxygen atoms in total. The van der Waals surface area contributed by atoms with Crippen molar-refractivity contribution in [2.24, 2.45) is 0 Å². The number of aryl methyl sites for hydroxylation is 1. The summed E-state index contributed by atoms with van der Waals surface area (Å²) in [5.74, 6) is -0.238. The number of likely N-dealkylation sites (N-methyl/N-ethyl adjacent to an activating group) is 1. The van der Waals surface area contributed by atoms with Gasteiger partial charge >= 0.3 is 0 Å². The van der Waals surface area contributed by atoms with Gasteiger partial charge < -0.3 is 9.88 Å². The van der Waals surface area contributed by atoms with Crippen molar-refractivity contribution in [2.75, 3.05) is 7.05 Å². The summed E-state index contributed by atoms with van der Waals surface area (Å²) < 4.78 is 15.8. The Kier molecular flexibility index (Phi) is 3.88. The lowest BCUT2D eigenvalue weighted by Crippen LogP contribution is -2.30. The first-order chi connectivity index (χ1) is 10.2. The summed E-state index contributed by atoms with van der Waals surface area (Å²) in [6.07, 6.45) is 3.04. The maximum absolute atomic E-state index is 14.0. The van der Waals surface area contributed by atoms with Gasteiger partial charge in [0, 0.05) is 23.9 Å². The van der Waals surface area contributed by atoms with E-state index in [0.29, 0.717) is 12.1 Å². The van der Waals surface area contributed by atoms with Crippen LogP contribution in [0.15, 0.2) is 41.2 Å². The molecular formula is C17H19FN2O. The average Bonchev–Trinajstić information content (AvgIpc) is 2.96. The van der Waals surface area contributed by atoms with Gasteiger partial charge in [0.25, 0.3) is 5.56 Å². The summed E-state index contributed by atoms with van der Waals surface area (Å²) in [4.78, 5) is 12.2. The van der Waals surface area contributed by atoms with Crippen LogP contribution >= 0.6 is 0 Å². The molecular weight excluding hydrogens is 267 g/mol. The molecule has 1 aliphatic carbocycles. The standard InChI is InChI=1S/C17H19FN2O/c1-19-15(13-6-2-3-7-14(13)18)11-20-16-8-4-5-12(16)9-10-17(20)21/h2-3,6-7,9-10,15,19H,4-5,8,11H2,1H3. The molecule has 1 N–H and O–H groups in total. The van der Waals surface area contributed by atoms with E-state index in [4.69, 9.17) is 0 Å². The van der Waals surface area contributed by atoms with E-state index in [1.807, 2.05) is 12.1 Å². The SMILES string of the molecule is CNC(Cn1c2c(ccc1=O)CCC2)c1ccccc1F. The zero-order valence-electron chi connectivity index (χ0n) is 12.1. The minimum absolute atomic E-state index is 0.00719. The van der Waals surface area contributed by atoms with Gasteiger partial charge in [-0.3, -0.25) is 4.79 Å². The van der Waals surface area contributed by atoms with Crippen LogP contribution in [0.25, 0.3) is 0 Å². The fraction of sp³-hybridized carbons (Fsp3) is 0.353. The predicted molar refractivity (Wildman–Crippen MR) is 80.9 cm³/mol. The van der Waals surface area contributed by atoms with Crippen molar-refractivity contribution in [2.45, 2.75) is 31.8 Å². The number of rotatable bonds is 4. The molecule has 0 aliphatic heterocycles. The first-order valence-electron chi connectivity index (χ1n) is 7.34. The van der Waals surface area contributed by atoms with E-state index in [9.17, 15) is 9.18 Å². The molecule has 1 heterocycles. The molecule has 4 heteroatoms. The molecule has 0 bridgehead atoms. The highest BCUT2D eigenvalue weighted by Gasteiger charge is 2.20. The number of aromatic nitrogens is 1. The van der Waals surface area contributed by atoms with Crippen LogP contribution in [0.4, 0.5) is 4.39 Å². The maximum Gasteiger partial charge on any atom is 0.250 e. The van der Waals surface area contributed by atoms with Gasteiger partial charge in [-0.25, -0.2) is 4.39 Å². The highest BCUT2D eigenvalue weighted by Crippen LogP contribution is 2.23. The summed E-state index contributed by atoms with van der Waals surface area (Å²) in [7, 11) is 1.80. The number of pyridine rings is 1. The highest BCUT2D eigenvalue weighted by atomic mass is 19.1. The third-order valence-corrected chi connectivity index (χ3v) is 4.24. The van der Waals surface area contributed by atoms with E-state index in [1.54, 1.807) is 29.8 Å². The molecule has 1 unspecified atom stereocenters. The van der Waals surface area contributed by atoms with Crippen LogP contribution in [-0.4, -0.2) is 11.6 Å². The molecule has 1 aromatic carbocycles. The summed E-state index contributed by atoms with van der Waals surface area (Å²) >= 11 is 0. The number of nitrogens with one attached hydrogen (secondary N) is 1. The Hall–Kier alpha value is -1.94. The fourth-order valence-electron chi connectivity index (χ4n) is 3.12. The highest BCUT2D eigenvalue weighted by molar-refractivity contribution is 5.27. The second-order valence-corrected chi connectivity index (χ2v) is 5.47. The van der Waals surface area contributed by atoms with Crippen molar-refractivity contribution >= 4 is 0 Å². The summed E-state index contributed by atoms with van der Waals surface area (Å²) in [6, 6.07) is 10.1. The van der Waals surface area contributed by atoms with Gasteiger partial charge in [0.05, 0.1) is 6.04 Å². The topological polar surface area (TPSA) is 34.0 Å². The Morgan fingerprint density at radius 2 is 2.05 bits per heavy atom. The van der Waals surface area contributed by atoms with Gasteiger partial charge in [-0.05, 0) is 37.9 Å². The van der Waals surface area contributed by atoms with Crippen molar-refractivity contribution in [3.8, 4) is 0 Å². The number of hydrogen-bond donors (Lipinski definition) is 1.